The first-order chi connectivity index (χ1) is 21.7. The predicted molar refractivity (Wildman–Crippen MR) is 169 cm³/mol. The molecule has 4 heterocycles. The van der Waals surface area contributed by atoms with Crippen molar-refractivity contribution in [3.63, 3.8) is 0 Å². The fourth-order valence-corrected chi connectivity index (χ4v) is 5.74. The summed E-state index contributed by atoms with van der Waals surface area (Å²) in [4.78, 5) is 34.5. The van der Waals surface area contributed by atoms with Crippen LogP contribution in [0.25, 0.3) is 5.65 Å². The third-order valence-electron chi connectivity index (χ3n) is 7.99. The number of morpholine rings is 1. The van der Waals surface area contributed by atoms with Gasteiger partial charge in [0.25, 0.3) is 0 Å². The van der Waals surface area contributed by atoms with E-state index >= 15 is 0 Å². The number of ether oxygens (including phenoxy) is 2. The minimum atomic E-state index is -4.49. The zero-order chi connectivity index (χ0) is 33.8. The molecular weight excluding hydrogens is 601 g/mol. The standard InChI is InChI=1S/C31H39F3N6O4.C2H6/c1-19-16-26(38-12-14-43-15-13-38)37-40-25(17-21-8-6-9-22(20(21)2)31(32,33)34)23(36-27(19)40)18-35-28(41)24-10-7-11-39(24)29(42)44-30(3,4)5;1-2/h6,8-9,16,24H,7,10-15,17-18H2,1-5H3,(H,35,41);1-2H3. The zero-order valence-electron chi connectivity index (χ0n) is 27.8. The highest BCUT2D eigenvalue weighted by Crippen LogP contribution is 2.34. The van der Waals surface area contributed by atoms with E-state index < -0.39 is 29.5 Å². The van der Waals surface area contributed by atoms with Gasteiger partial charge in [0.15, 0.2) is 5.65 Å². The minimum Gasteiger partial charge on any atom is -0.444 e. The summed E-state index contributed by atoms with van der Waals surface area (Å²) in [5.41, 5.74) is 1.69. The Labute approximate surface area is 268 Å². The molecule has 2 saturated heterocycles. The average molecular weight is 647 g/mol. The van der Waals surface area contributed by atoms with Crippen LogP contribution in [-0.2, 0) is 33.4 Å². The molecule has 0 aliphatic carbocycles. The minimum absolute atomic E-state index is 0.0144. The second-order valence-corrected chi connectivity index (χ2v) is 12.3. The Morgan fingerprint density at radius 2 is 1.78 bits per heavy atom. The van der Waals surface area contributed by atoms with E-state index in [-0.39, 0.29) is 24.4 Å². The number of hydrogen-bond acceptors (Lipinski definition) is 7. The van der Waals surface area contributed by atoms with Crippen molar-refractivity contribution in [3.8, 4) is 0 Å². The summed E-state index contributed by atoms with van der Waals surface area (Å²) in [6, 6.07) is 5.39. The number of carbonyl (C=O) groups excluding carboxylic acids is 2. The molecule has 2 amide bonds. The number of carbonyl (C=O) groups is 2. The van der Waals surface area contributed by atoms with Gasteiger partial charge in [0.1, 0.15) is 17.5 Å². The quantitative estimate of drug-likeness (QED) is 0.360. The lowest BCUT2D eigenvalue weighted by atomic mass is 9.98. The molecule has 0 saturated carbocycles. The molecule has 2 aromatic heterocycles. The topological polar surface area (TPSA) is 101 Å². The van der Waals surface area contributed by atoms with Crippen molar-refractivity contribution in [1.29, 1.82) is 0 Å². The lowest BCUT2D eigenvalue weighted by Gasteiger charge is -2.28. The Balaban J connectivity index is 0.00000235. The number of nitrogens with one attached hydrogen (secondary N) is 1. The van der Waals surface area contributed by atoms with Crippen LogP contribution in [0, 0.1) is 13.8 Å². The molecule has 0 spiro atoms. The summed E-state index contributed by atoms with van der Waals surface area (Å²) in [6.45, 7) is 15.6. The van der Waals surface area contributed by atoms with Gasteiger partial charge in [0.2, 0.25) is 5.91 Å². The summed E-state index contributed by atoms with van der Waals surface area (Å²) >= 11 is 0. The van der Waals surface area contributed by atoms with Crippen LogP contribution in [0.5, 0.6) is 0 Å². The molecule has 1 unspecified atom stereocenters. The van der Waals surface area contributed by atoms with Crippen LogP contribution in [0.4, 0.5) is 23.8 Å². The number of likely N-dealkylation sites (tertiary alicyclic amines) is 1. The van der Waals surface area contributed by atoms with Crippen LogP contribution >= 0.6 is 0 Å². The van der Waals surface area contributed by atoms with Crippen molar-refractivity contribution in [2.24, 2.45) is 0 Å². The molecular formula is C33H45F3N6O4. The van der Waals surface area contributed by atoms with E-state index in [0.29, 0.717) is 74.1 Å². The molecule has 252 valence electrons. The van der Waals surface area contributed by atoms with Gasteiger partial charge in [-0.2, -0.15) is 13.2 Å². The number of amides is 2. The largest absolute Gasteiger partial charge is 0.444 e. The van der Waals surface area contributed by atoms with E-state index in [1.807, 2.05) is 26.8 Å². The first-order valence-electron chi connectivity index (χ1n) is 15.9. The Hall–Kier alpha value is -3.87. The first kappa shape index (κ1) is 35.0. The maximum Gasteiger partial charge on any atom is 0.416 e. The number of imidazole rings is 1. The van der Waals surface area contributed by atoms with Crippen LogP contribution in [0.2, 0.25) is 0 Å². The molecule has 46 heavy (non-hydrogen) atoms. The average Bonchev–Trinajstić information content (AvgIpc) is 3.63. The van der Waals surface area contributed by atoms with Crippen molar-refractivity contribution in [2.45, 2.75) is 92.1 Å². The maximum atomic E-state index is 13.8. The third kappa shape index (κ3) is 7.91. The number of fused-ring (bicyclic) bond motifs is 1. The second kappa shape index (κ2) is 14.3. The number of anilines is 1. The highest BCUT2D eigenvalue weighted by atomic mass is 19.4. The molecule has 2 aliphatic heterocycles. The SMILES string of the molecule is CC.Cc1c(Cc2c(CNC(=O)C3CCCN3C(=O)OC(C)(C)C)nc3c(C)cc(N4CCOCC4)nn23)cccc1C(F)(F)F. The summed E-state index contributed by atoms with van der Waals surface area (Å²) < 4.78 is 53.9. The van der Waals surface area contributed by atoms with E-state index in [0.717, 1.165) is 11.6 Å². The molecule has 1 aromatic carbocycles. The van der Waals surface area contributed by atoms with Gasteiger partial charge in [-0.3, -0.25) is 9.69 Å². The molecule has 0 radical (unpaired) electrons. The predicted octanol–water partition coefficient (Wildman–Crippen LogP) is 5.83. The summed E-state index contributed by atoms with van der Waals surface area (Å²) in [5.74, 6) is 0.373. The molecule has 1 atom stereocenters. The normalized spacial score (nSPS) is 17.1. The molecule has 0 bridgehead atoms. The van der Waals surface area contributed by atoms with Gasteiger partial charge < -0.3 is 19.7 Å². The van der Waals surface area contributed by atoms with Crippen LogP contribution in [0.1, 0.15) is 81.1 Å². The van der Waals surface area contributed by atoms with E-state index in [2.05, 4.69) is 10.2 Å². The van der Waals surface area contributed by atoms with Gasteiger partial charge >= 0.3 is 12.3 Å². The van der Waals surface area contributed by atoms with E-state index in [1.165, 1.54) is 17.9 Å². The Bertz CT molecular complexity index is 1540. The van der Waals surface area contributed by atoms with Gasteiger partial charge in [-0.25, -0.2) is 14.3 Å². The summed E-state index contributed by atoms with van der Waals surface area (Å²) in [7, 11) is 0. The molecule has 1 N–H and O–H groups in total. The van der Waals surface area contributed by atoms with Crippen LogP contribution in [-0.4, -0.2) is 76.0 Å². The van der Waals surface area contributed by atoms with Crippen LogP contribution in [0.3, 0.4) is 0 Å². The maximum absolute atomic E-state index is 13.8. The monoisotopic (exact) mass is 646 g/mol. The third-order valence-corrected chi connectivity index (χ3v) is 7.99. The lowest BCUT2D eigenvalue weighted by molar-refractivity contribution is -0.138. The number of halogens is 3. The number of aromatic nitrogens is 3. The smallest absolute Gasteiger partial charge is 0.416 e. The highest BCUT2D eigenvalue weighted by Gasteiger charge is 2.37. The van der Waals surface area contributed by atoms with Gasteiger partial charge in [0.05, 0.1) is 36.7 Å². The van der Waals surface area contributed by atoms with Gasteiger partial charge in [0, 0.05) is 26.1 Å². The van der Waals surface area contributed by atoms with Gasteiger partial charge in [-0.15, -0.1) is 5.10 Å². The van der Waals surface area contributed by atoms with Crippen molar-refractivity contribution in [2.75, 3.05) is 37.7 Å². The van der Waals surface area contributed by atoms with Crippen molar-refractivity contribution in [3.05, 3.63) is 57.9 Å². The Kier molecular flexibility index (Phi) is 10.9. The Morgan fingerprint density at radius 1 is 1.09 bits per heavy atom. The molecule has 13 heteroatoms. The molecule has 5 rings (SSSR count). The number of nitrogens with zero attached hydrogens (tertiary/aromatic N) is 5. The molecule has 2 fully saturated rings. The van der Waals surface area contributed by atoms with Crippen molar-refractivity contribution in [1.82, 2.24) is 24.8 Å². The zero-order valence-corrected chi connectivity index (χ0v) is 27.8. The van der Waals surface area contributed by atoms with Crippen molar-refractivity contribution < 1.29 is 32.2 Å². The second-order valence-electron chi connectivity index (χ2n) is 12.3. The molecule has 3 aromatic rings. The lowest BCUT2D eigenvalue weighted by Crippen LogP contribution is -2.47. The number of benzene rings is 1. The number of aryl methyl sites for hydroxylation is 1. The van der Waals surface area contributed by atoms with E-state index in [9.17, 15) is 22.8 Å². The fraction of sp³-hybridized carbons (Fsp3) is 0.576. The first-order valence-corrected chi connectivity index (χ1v) is 15.9. The van der Waals surface area contributed by atoms with Crippen molar-refractivity contribution >= 4 is 23.5 Å². The number of rotatable bonds is 6. The number of alkyl halides is 3. The van der Waals surface area contributed by atoms with Gasteiger partial charge in [-0.1, -0.05) is 26.0 Å². The van der Waals surface area contributed by atoms with E-state index in [1.54, 1.807) is 31.4 Å². The summed E-state index contributed by atoms with van der Waals surface area (Å²) in [6.07, 6.45) is -3.75. The van der Waals surface area contributed by atoms with Gasteiger partial charge in [-0.05, 0) is 76.3 Å². The number of hydrogen-bond donors (Lipinski definition) is 1. The molecule has 2 aliphatic rings. The highest BCUT2D eigenvalue weighted by molar-refractivity contribution is 5.86. The van der Waals surface area contributed by atoms with Crippen LogP contribution in [0.15, 0.2) is 24.3 Å². The van der Waals surface area contributed by atoms with Crippen LogP contribution < -0.4 is 10.2 Å². The Morgan fingerprint density at radius 3 is 2.43 bits per heavy atom. The summed E-state index contributed by atoms with van der Waals surface area (Å²) in [5, 5.41) is 7.80. The molecule has 10 nitrogen and oxygen atoms in total. The van der Waals surface area contributed by atoms with E-state index in [4.69, 9.17) is 19.6 Å². The fourth-order valence-electron chi connectivity index (χ4n) is 5.74.